The van der Waals surface area contributed by atoms with Gasteiger partial charge in [0.1, 0.15) is 0 Å². The first-order valence-corrected chi connectivity index (χ1v) is 8.39. The van der Waals surface area contributed by atoms with Crippen LogP contribution < -0.4 is 0 Å². The van der Waals surface area contributed by atoms with E-state index in [1.165, 1.54) is 6.42 Å². The van der Waals surface area contributed by atoms with Crippen LogP contribution in [0.1, 0.15) is 53.9 Å². The molecule has 19 heavy (non-hydrogen) atoms. The molecule has 0 aliphatic carbocycles. The molecule has 0 bridgehead atoms. The van der Waals surface area contributed by atoms with Crippen molar-refractivity contribution in [2.45, 2.75) is 53.9 Å². The van der Waals surface area contributed by atoms with Crippen molar-refractivity contribution in [3.05, 3.63) is 22.9 Å². The van der Waals surface area contributed by atoms with Gasteiger partial charge in [0.25, 0.3) is 0 Å². The fourth-order valence-electron chi connectivity index (χ4n) is 1.66. The van der Waals surface area contributed by atoms with Gasteiger partial charge in [0, 0.05) is 20.0 Å². The van der Waals surface area contributed by atoms with E-state index in [0.29, 0.717) is 5.91 Å². The highest BCUT2D eigenvalue weighted by molar-refractivity contribution is 7.07. The van der Waals surface area contributed by atoms with E-state index >= 15 is 0 Å². The maximum atomic E-state index is 11.0. The summed E-state index contributed by atoms with van der Waals surface area (Å²) in [6, 6.07) is 4.04. The Labute approximate surface area is 123 Å². The number of thiophene rings is 1. The fourth-order valence-corrected chi connectivity index (χ4v) is 2.11. The van der Waals surface area contributed by atoms with Gasteiger partial charge in [-0.3, -0.25) is 4.79 Å². The normalized spacial score (nSPS) is 17.1. The monoisotopic (exact) mass is 285 g/mol. The van der Waals surface area contributed by atoms with Crippen molar-refractivity contribution >= 4 is 17.2 Å². The van der Waals surface area contributed by atoms with Crippen molar-refractivity contribution in [1.82, 2.24) is 4.90 Å². The molecule has 1 unspecified atom stereocenters. The minimum absolute atomic E-state index is 0.310. The molecule has 0 radical (unpaired) electrons. The molecular weight excluding hydrogens is 254 g/mol. The van der Waals surface area contributed by atoms with Gasteiger partial charge in [0.2, 0.25) is 5.91 Å². The van der Waals surface area contributed by atoms with E-state index in [2.05, 4.69) is 6.92 Å². The summed E-state index contributed by atoms with van der Waals surface area (Å²) < 4.78 is 0. The number of carbonyl (C=O) groups is 1. The summed E-state index contributed by atoms with van der Waals surface area (Å²) in [5.41, 5.74) is 0. The number of amides is 1. The number of hydrogen-bond donors (Lipinski definition) is 0. The third-order valence-corrected chi connectivity index (χ3v) is 3.36. The highest BCUT2D eigenvalue weighted by Crippen LogP contribution is 2.18. The molecule has 2 rings (SSSR count). The lowest BCUT2D eigenvalue weighted by atomic mass is 9.96. The first kappa shape index (κ1) is 20.5. The van der Waals surface area contributed by atoms with Gasteiger partial charge in [0.05, 0.1) is 0 Å². The number of carbonyl (C=O) groups excluding carboxylic acids is 1. The molecule has 1 atom stereocenters. The summed E-state index contributed by atoms with van der Waals surface area (Å²) in [5.74, 6) is 1.06. The van der Waals surface area contributed by atoms with Crippen LogP contribution in [0.3, 0.4) is 0 Å². The van der Waals surface area contributed by atoms with Crippen LogP contribution in [0.2, 0.25) is 0 Å². The maximum absolute atomic E-state index is 11.0. The van der Waals surface area contributed by atoms with Crippen LogP contribution in [0.4, 0.5) is 0 Å². The topological polar surface area (TPSA) is 20.3 Å². The zero-order valence-electron chi connectivity index (χ0n) is 13.5. The highest BCUT2D eigenvalue weighted by atomic mass is 32.1. The molecule has 1 fully saturated rings. The summed E-state index contributed by atoms with van der Waals surface area (Å²) in [7, 11) is 1.89. The first-order valence-electron chi connectivity index (χ1n) is 7.45. The molecule has 112 valence electrons. The van der Waals surface area contributed by atoms with Crippen molar-refractivity contribution in [2.75, 3.05) is 13.6 Å². The molecule has 1 amide bonds. The Balaban J connectivity index is 0. The average molecular weight is 285 g/mol. The number of hydrogen-bond acceptors (Lipinski definition) is 2. The standard InChI is InChI=1S/C8H15NO.C4H4S.2C2H6/c1-3-7-4-5-8(10)9(2)6-7;1-2-4-5-3-1;2*1-2/h7H,3-6H2,1-2H3;1-4H;2*1-2H3. The summed E-state index contributed by atoms with van der Waals surface area (Å²) in [5, 5.41) is 4.08. The number of likely N-dealkylation sites (tertiary alicyclic amines) is 1. The van der Waals surface area contributed by atoms with Gasteiger partial charge in [-0.1, -0.05) is 53.2 Å². The molecule has 0 N–H and O–H groups in total. The molecule has 2 nitrogen and oxygen atoms in total. The van der Waals surface area contributed by atoms with Crippen molar-refractivity contribution in [3.63, 3.8) is 0 Å². The third-order valence-electron chi connectivity index (χ3n) is 2.73. The second-order valence-corrected chi connectivity index (χ2v) is 4.70. The quantitative estimate of drug-likeness (QED) is 0.706. The first-order chi connectivity index (χ1) is 9.24. The zero-order valence-corrected chi connectivity index (χ0v) is 14.3. The molecule has 1 aromatic rings. The number of rotatable bonds is 1. The zero-order chi connectivity index (χ0) is 15.1. The molecule has 3 heteroatoms. The molecule has 0 saturated carbocycles. The smallest absolute Gasteiger partial charge is 0.222 e. The van der Waals surface area contributed by atoms with Crippen molar-refractivity contribution in [2.24, 2.45) is 5.92 Å². The van der Waals surface area contributed by atoms with Crippen LogP contribution >= 0.6 is 11.3 Å². The lowest BCUT2D eigenvalue weighted by Gasteiger charge is -2.28. The molecule has 0 spiro atoms. The van der Waals surface area contributed by atoms with Crippen molar-refractivity contribution in [3.8, 4) is 0 Å². The molecule has 1 aliphatic heterocycles. The minimum atomic E-state index is 0.310. The minimum Gasteiger partial charge on any atom is -0.345 e. The van der Waals surface area contributed by atoms with E-state index in [9.17, 15) is 4.79 Å². The lowest BCUT2D eigenvalue weighted by molar-refractivity contribution is -0.133. The fraction of sp³-hybridized carbons (Fsp3) is 0.688. The van der Waals surface area contributed by atoms with Crippen LogP contribution in [0.5, 0.6) is 0 Å². The lowest BCUT2D eigenvalue weighted by Crippen LogP contribution is -2.36. The van der Waals surface area contributed by atoms with Gasteiger partial charge in [-0.25, -0.2) is 0 Å². The Hall–Kier alpha value is -0.830. The Morgan fingerprint density at radius 2 is 1.74 bits per heavy atom. The largest absolute Gasteiger partial charge is 0.345 e. The van der Waals surface area contributed by atoms with Crippen molar-refractivity contribution in [1.29, 1.82) is 0 Å². The second kappa shape index (κ2) is 15.2. The number of piperidine rings is 1. The van der Waals surface area contributed by atoms with Gasteiger partial charge in [-0.15, -0.1) is 0 Å². The molecule has 1 aromatic heterocycles. The summed E-state index contributed by atoms with van der Waals surface area (Å²) in [6.07, 6.45) is 3.06. The average Bonchev–Trinajstić information content (AvgIpc) is 3.06. The van der Waals surface area contributed by atoms with Gasteiger partial charge in [-0.05, 0) is 23.1 Å². The Bertz CT molecular complexity index is 255. The van der Waals surface area contributed by atoms with E-state index in [-0.39, 0.29) is 0 Å². The molecule has 2 heterocycles. The highest BCUT2D eigenvalue weighted by Gasteiger charge is 2.20. The van der Waals surface area contributed by atoms with Gasteiger partial charge >= 0.3 is 0 Å². The van der Waals surface area contributed by atoms with E-state index in [0.717, 1.165) is 25.3 Å². The van der Waals surface area contributed by atoms with E-state index in [4.69, 9.17) is 0 Å². The van der Waals surface area contributed by atoms with E-state index in [1.807, 2.05) is 62.5 Å². The summed E-state index contributed by atoms with van der Waals surface area (Å²) in [4.78, 5) is 12.8. The van der Waals surface area contributed by atoms with Gasteiger partial charge in [-0.2, -0.15) is 11.3 Å². The van der Waals surface area contributed by atoms with Gasteiger partial charge < -0.3 is 4.90 Å². The molecular formula is C16H31NOS. The van der Waals surface area contributed by atoms with Gasteiger partial charge in [0.15, 0.2) is 0 Å². The van der Waals surface area contributed by atoms with E-state index < -0.39 is 0 Å². The summed E-state index contributed by atoms with van der Waals surface area (Å²) in [6.45, 7) is 11.2. The Kier molecular flexibility index (Phi) is 16.4. The van der Waals surface area contributed by atoms with Crippen LogP contribution in [0.15, 0.2) is 22.9 Å². The van der Waals surface area contributed by atoms with Crippen LogP contribution in [-0.2, 0) is 4.79 Å². The van der Waals surface area contributed by atoms with Crippen LogP contribution in [0, 0.1) is 5.92 Å². The SMILES string of the molecule is CC.CC.CCC1CCC(=O)N(C)C1.c1ccsc1. The predicted octanol–water partition coefficient (Wildman–Crippen LogP) is 5.07. The summed E-state index contributed by atoms with van der Waals surface area (Å²) >= 11 is 1.71. The van der Waals surface area contributed by atoms with Crippen molar-refractivity contribution < 1.29 is 4.79 Å². The van der Waals surface area contributed by atoms with Crippen LogP contribution in [0.25, 0.3) is 0 Å². The number of nitrogens with zero attached hydrogens (tertiary/aromatic N) is 1. The molecule has 1 aliphatic rings. The molecule has 0 aromatic carbocycles. The van der Waals surface area contributed by atoms with E-state index in [1.54, 1.807) is 11.3 Å². The molecule has 1 saturated heterocycles. The van der Waals surface area contributed by atoms with Crippen LogP contribution in [-0.4, -0.2) is 24.4 Å². The second-order valence-electron chi connectivity index (χ2n) is 3.88. The third kappa shape index (κ3) is 10.8. The Morgan fingerprint density at radius 1 is 1.21 bits per heavy atom. The Morgan fingerprint density at radius 3 is 2.05 bits per heavy atom. The predicted molar refractivity (Wildman–Crippen MR) is 87.7 cm³/mol. The maximum Gasteiger partial charge on any atom is 0.222 e.